The molecule has 4 heteroatoms. The molecule has 1 aliphatic carbocycles. The van der Waals surface area contributed by atoms with Gasteiger partial charge in [-0.1, -0.05) is 35.5 Å². The van der Waals surface area contributed by atoms with Crippen LogP contribution in [0.4, 0.5) is 0 Å². The number of ether oxygens (including phenoxy) is 1. The van der Waals surface area contributed by atoms with E-state index in [1.807, 2.05) is 13.0 Å². The lowest BCUT2D eigenvalue weighted by Gasteiger charge is -2.30. The van der Waals surface area contributed by atoms with Crippen LogP contribution >= 0.6 is 0 Å². The molecule has 0 radical (unpaired) electrons. The van der Waals surface area contributed by atoms with E-state index >= 15 is 0 Å². The third kappa shape index (κ3) is 4.58. The number of oxime groups is 1. The van der Waals surface area contributed by atoms with Gasteiger partial charge in [-0.15, -0.1) is 0 Å². The summed E-state index contributed by atoms with van der Waals surface area (Å²) in [6.45, 7) is 2.30. The van der Waals surface area contributed by atoms with E-state index in [9.17, 15) is 4.79 Å². The summed E-state index contributed by atoms with van der Waals surface area (Å²) >= 11 is 0. The molecule has 4 nitrogen and oxygen atoms in total. The molecule has 0 spiro atoms. The summed E-state index contributed by atoms with van der Waals surface area (Å²) in [6.07, 6.45) is 4.39. The summed E-state index contributed by atoms with van der Waals surface area (Å²) in [5.41, 5.74) is 2.36. The highest BCUT2D eigenvalue weighted by atomic mass is 16.6. The van der Waals surface area contributed by atoms with Gasteiger partial charge in [-0.3, -0.25) is 4.79 Å². The average molecular weight is 303 g/mol. The number of hydrogen-bond acceptors (Lipinski definition) is 4. The largest absolute Gasteiger partial charge is 0.466 e. The van der Waals surface area contributed by atoms with Crippen LogP contribution in [0.3, 0.4) is 0 Å². The quantitative estimate of drug-likeness (QED) is 0.596. The Balaban J connectivity index is 2.02. The first-order chi connectivity index (χ1) is 10.7. The number of esters is 1. The normalized spacial score (nSPS) is 23.3. The molecular weight excluding hydrogens is 278 g/mol. The number of carbonyl (C=O) groups is 1. The molecule has 0 saturated heterocycles. The molecule has 0 aliphatic heterocycles. The predicted molar refractivity (Wildman–Crippen MR) is 86.7 cm³/mol. The molecule has 120 valence electrons. The molecule has 1 fully saturated rings. The minimum atomic E-state index is -0.0583. The topological polar surface area (TPSA) is 47.9 Å². The fourth-order valence-electron chi connectivity index (χ4n) is 3.18. The number of carbonyl (C=O) groups excluding carboxylic acids is 1. The van der Waals surface area contributed by atoms with E-state index in [0.29, 0.717) is 6.61 Å². The van der Waals surface area contributed by atoms with Gasteiger partial charge in [-0.05, 0) is 50.5 Å². The second kappa shape index (κ2) is 8.57. The molecule has 2 rings (SSSR count). The smallest absolute Gasteiger partial charge is 0.309 e. The number of hydrogen-bond donors (Lipinski definition) is 0. The lowest BCUT2D eigenvalue weighted by Crippen LogP contribution is -2.32. The molecule has 1 aliphatic rings. The summed E-state index contributed by atoms with van der Waals surface area (Å²) in [5, 5.41) is 4.09. The van der Waals surface area contributed by atoms with Crippen molar-refractivity contribution >= 4 is 11.7 Å². The van der Waals surface area contributed by atoms with Crippen LogP contribution in [0.25, 0.3) is 0 Å². The summed E-state index contributed by atoms with van der Waals surface area (Å²) in [6, 6.07) is 10.4. The van der Waals surface area contributed by atoms with Gasteiger partial charge in [0.25, 0.3) is 0 Å². The Morgan fingerprint density at radius 3 is 2.77 bits per heavy atom. The third-order valence-corrected chi connectivity index (χ3v) is 4.27. The van der Waals surface area contributed by atoms with E-state index in [0.717, 1.165) is 37.8 Å². The Labute approximate surface area is 132 Å². The van der Waals surface area contributed by atoms with Gasteiger partial charge in [-0.2, -0.15) is 0 Å². The van der Waals surface area contributed by atoms with Gasteiger partial charge in [0.1, 0.15) is 7.11 Å². The van der Waals surface area contributed by atoms with Gasteiger partial charge in [0.05, 0.1) is 18.2 Å². The second-order valence-corrected chi connectivity index (χ2v) is 5.73. The number of aryl methyl sites for hydroxylation is 1. The minimum absolute atomic E-state index is 0.0144. The summed E-state index contributed by atoms with van der Waals surface area (Å²) < 4.78 is 5.25. The lowest BCUT2D eigenvalue weighted by molar-refractivity contribution is -0.150. The van der Waals surface area contributed by atoms with Crippen molar-refractivity contribution in [2.24, 2.45) is 17.0 Å². The van der Waals surface area contributed by atoms with Crippen LogP contribution in [0, 0.1) is 11.8 Å². The molecule has 0 amide bonds. The number of rotatable bonds is 6. The first-order valence-electron chi connectivity index (χ1n) is 8.04. The third-order valence-electron chi connectivity index (χ3n) is 4.27. The Kier molecular flexibility index (Phi) is 6.44. The maximum Gasteiger partial charge on any atom is 0.309 e. The Bertz CT molecular complexity index is 498. The van der Waals surface area contributed by atoms with E-state index in [4.69, 9.17) is 9.57 Å². The van der Waals surface area contributed by atoms with E-state index in [1.165, 1.54) is 5.56 Å². The highest BCUT2D eigenvalue weighted by Crippen LogP contribution is 2.33. The van der Waals surface area contributed by atoms with Gasteiger partial charge in [0, 0.05) is 0 Å². The summed E-state index contributed by atoms with van der Waals surface area (Å²) in [4.78, 5) is 17.1. The zero-order valence-electron chi connectivity index (χ0n) is 13.5. The standard InChI is InChI=1S/C18H25NO3/c1-3-22-18(20)17-12-11-16(19-21-2)13-15(17)10-9-14-7-5-4-6-8-14/h4-8,15,17H,3,9-13H2,1-2H3/t15-,17+/m0/s1. The SMILES string of the molecule is CCOC(=O)[C@@H]1CCC(=NOC)C[C@@H]1CCc1ccccc1. The van der Waals surface area contributed by atoms with Crippen molar-refractivity contribution in [3.8, 4) is 0 Å². The summed E-state index contributed by atoms with van der Waals surface area (Å²) in [5.74, 6) is 0.207. The van der Waals surface area contributed by atoms with E-state index in [1.54, 1.807) is 7.11 Å². The molecule has 0 unspecified atom stereocenters. The van der Waals surface area contributed by atoms with E-state index < -0.39 is 0 Å². The molecule has 0 N–H and O–H groups in total. The highest BCUT2D eigenvalue weighted by Gasteiger charge is 2.34. The first-order valence-corrected chi connectivity index (χ1v) is 8.04. The van der Waals surface area contributed by atoms with Crippen LogP contribution in [0.2, 0.25) is 0 Å². The lowest BCUT2D eigenvalue weighted by atomic mass is 9.75. The van der Waals surface area contributed by atoms with Crippen LogP contribution in [-0.2, 0) is 20.8 Å². The van der Waals surface area contributed by atoms with Crippen LogP contribution in [-0.4, -0.2) is 25.4 Å². The van der Waals surface area contributed by atoms with E-state index in [2.05, 4.69) is 29.4 Å². The van der Waals surface area contributed by atoms with Crippen molar-refractivity contribution < 1.29 is 14.4 Å². The van der Waals surface area contributed by atoms with E-state index in [-0.39, 0.29) is 17.8 Å². The van der Waals surface area contributed by atoms with Gasteiger partial charge in [0.2, 0.25) is 0 Å². The van der Waals surface area contributed by atoms with Crippen molar-refractivity contribution in [1.82, 2.24) is 0 Å². The van der Waals surface area contributed by atoms with Gasteiger partial charge in [-0.25, -0.2) is 0 Å². The fourth-order valence-corrected chi connectivity index (χ4v) is 3.18. The monoisotopic (exact) mass is 303 g/mol. The van der Waals surface area contributed by atoms with Crippen molar-refractivity contribution in [2.45, 2.75) is 39.0 Å². The molecule has 1 saturated carbocycles. The van der Waals surface area contributed by atoms with Gasteiger partial charge in [0.15, 0.2) is 0 Å². The van der Waals surface area contributed by atoms with Crippen molar-refractivity contribution in [3.63, 3.8) is 0 Å². The van der Waals surface area contributed by atoms with Crippen molar-refractivity contribution in [1.29, 1.82) is 0 Å². The molecule has 2 atom stereocenters. The highest BCUT2D eigenvalue weighted by molar-refractivity contribution is 5.87. The van der Waals surface area contributed by atoms with Gasteiger partial charge < -0.3 is 9.57 Å². The number of nitrogens with zero attached hydrogens (tertiary/aromatic N) is 1. The molecule has 22 heavy (non-hydrogen) atoms. The first kappa shape index (κ1) is 16.5. The molecule has 0 heterocycles. The zero-order chi connectivity index (χ0) is 15.8. The number of benzene rings is 1. The maximum atomic E-state index is 12.2. The van der Waals surface area contributed by atoms with Gasteiger partial charge >= 0.3 is 5.97 Å². The summed E-state index contributed by atoms with van der Waals surface area (Å²) in [7, 11) is 1.57. The maximum absolute atomic E-state index is 12.2. The Morgan fingerprint density at radius 1 is 1.32 bits per heavy atom. The molecule has 0 aromatic heterocycles. The van der Waals surface area contributed by atoms with Crippen LogP contribution in [0.5, 0.6) is 0 Å². The molecular formula is C18H25NO3. The van der Waals surface area contributed by atoms with Crippen LogP contribution in [0.1, 0.15) is 38.2 Å². The van der Waals surface area contributed by atoms with Crippen LogP contribution in [0.15, 0.2) is 35.5 Å². The zero-order valence-corrected chi connectivity index (χ0v) is 13.5. The molecule has 0 bridgehead atoms. The predicted octanol–water partition coefficient (Wildman–Crippen LogP) is 3.60. The Hall–Kier alpha value is -1.84. The second-order valence-electron chi connectivity index (χ2n) is 5.73. The molecule has 1 aromatic carbocycles. The fraction of sp³-hybridized carbons (Fsp3) is 0.556. The van der Waals surface area contributed by atoms with Crippen LogP contribution < -0.4 is 0 Å². The average Bonchev–Trinajstić information content (AvgIpc) is 2.54. The Morgan fingerprint density at radius 2 is 2.09 bits per heavy atom. The van der Waals surface area contributed by atoms with Crippen molar-refractivity contribution in [2.75, 3.05) is 13.7 Å². The minimum Gasteiger partial charge on any atom is -0.466 e. The molecule has 1 aromatic rings. The van der Waals surface area contributed by atoms with Crippen molar-refractivity contribution in [3.05, 3.63) is 35.9 Å².